The summed E-state index contributed by atoms with van der Waals surface area (Å²) in [6.07, 6.45) is 2.29. The van der Waals surface area contributed by atoms with Gasteiger partial charge in [0.15, 0.2) is 0 Å². The van der Waals surface area contributed by atoms with Crippen LogP contribution in [-0.4, -0.2) is 6.71 Å². The highest BCUT2D eigenvalue weighted by Gasteiger charge is 2.47. The van der Waals surface area contributed by atoms with Crippen LogP contribution in [0.4, 0.5) is 51.2 Å². The first-order valence-electron chi connectivity index (χ1n) is 24.6. The zero-order valence-corrected chi connectivity index (χ0v) is 40.2. The van der Waals surface area contributed by atoms with Crippen molar-refractivity contribution in [3.63, 3.8) is 0 Å². The van der Waals surface area contributed by atoms with Gasteiger partial charge in [-0.1, -0.05) is 143 Å². The van der Waals surface area contributed by atoms with Gasteiger partial charge >= 0.3 is 0 Å². The van der Waals surface area contributed by atoms with Crippen molar-refractivity contribution in [1.29, 1.82) is 0 Å². The van der Waals surface area contributed by atoms with Gasteiger partial charge in [0.05, 0.1) is 11.1 Å². The van der Waals surface area contributed by atoms with Gasteiger partial charge in [-0.15, -0.1) is 0 Å². The first-order valence-corrected chi connectivity index (χ1v) is 24.6. The van der Waals surface area contributed by atoms with Crippen molar-refractivity contribution in [2.45, 2.75) is 65.2 Å². The number of nitrogens with zero attached hydrogens (tertiary/aromatic N) is 3. The Bertz CT molecular complexity index is 3630. The molecule has 13 rings (SSSR count). The van der Waals surface area contributed by atoms with E-state index in [2.05, 4.69) is 250 Å². The van der Waals surface area contributed by atoms with Gasteiger partial charge < -0.3 is 19.1 Å². The highest BCUT2D eigenvalue weighted by atomic mass is 16.3. The first kappa shape index (κ1) is 41.4. The Morgan fingerprint density at radius 3 is 1.74 bits per heavy atom. The molecule has 2 aliphatic heterocycles. The van der Waals surface area contributed by atoms with E-state index >= 15 is 0 Å². The molecule has 0 bridgehead atoms. The number of furan rings is 1. The molecule has 0 saturated carbocycles. The maximum atomic E-state index is 6.67. The standard InChI is InChI=1S/C64H54BN3O/c1-41-35-57-62-58(36-41)68(54-37-44(30-29-42(54)2)43-19-10-7-11-20-43)56-40-50-49(63(3,4)33-34-64(50,5)6)39-52(56)65(62)51-32-31-47(66(45-21-12-8-13-22-45)46-23-14-9-15-24-46)38-55(51)67(57)53-26-18-28-60-61(53)48-25-16-17-27-59(48)69-60/h7-32,35-40H,33-34H2,1-6H3. The number of hydrogen-bond donors (Lipinski definition) is 0. The number of rotatable bonds is 6. The van der Waals surface area contributed by atoms with Crippen molar-refractivity contribution in [3.8, 4) is 11.1 Å². The van der Waals surface area contributed by atoms with E-state index in [1.807, 2.05) is 0 Å². The molecular formula is C64H54BN3O. The van der Waals surface area contributed by atoms with Crippen LogP contribution in [0.2, 0.25) is 0 Å². The third-order valence-electron chi connectivity index (χ3n) is 15.6. The molecule has 4 nitrogen and oxygen atoms in total. The Balaban J connectivity index is 1.15. The SMILES string of the molecule is Cc1cc2c3c(c1)N(c1cccc4oc5ccccc5c14)c1cc(N(c4ccccc4)c4ccccc4)ccc1B3c1cc3c(cc1N2c1cc(-c2ccccc2)ccc1C)C(C)(C)CCC3(C)C. The third kappa shape index (κ3) is 6.43. The van der Waals surface area contributed by atoms with Gasteiger partial charge in [-0.2, -0.15) is 0 Å². The van der Waals surface area contributed by atoms with Gasteiger partial charge in [0.2, 0.25) is 0 Å². The average Bonchev–Trinajstić information content (AvgIpc) is 3.76. The van der Waals surface area contributed by atoms with E-state index in [1.165, 1.54) is 72.5 Å². The summed E-state index contributed by atoms with van der Waals surface area (Å²) in [5.74, 6) is 0. The molecule has 1 aromatic heterocycles. The second-order valence-electron chi connectivity index (χ2n) is 20.9. The molecule has 5 heteroatoms. The molecule has 69 heavy (non-hydrogen) atoms. The number of anilines is 9. The fourth-order valence-corrected chi connectivity index (χ4v) is 12.0. The Morgan fingerprint density at radius 1 is 0.449 bits per heavy atom. The van der Waals surface area contributed by atoms with Gasteiger partial charge in [0.1, 0.15) is 11.2 Å². The number of aryl methyl sites for hydroxylation is 2. The van der Waals surface area contributed by atoms with Crippen molar-refractivity contribution >= 4 is 96.2 Å². The lowest BCUT2D eigenvalue weighted by Gasteiger charge is -2.48. The van der Waals surface area contributed by atoms with Crippen LogP contribution in [-0.2, 0) is 10.8 Å². The summed E-state index contributed by atoms with van der Waals surface area (Å²) < 4.78 is 6.67. The fraction of sp³-hybridized carbons (Fsp3) is 0.156. The molecule has 0 fully saturated rings. The van der Waals surface area contributed by atoms with Crippen LogP contribution in [0.25, 0.3) is 33.1 Å². The highest BCUT2D eigenvalue weighted by molar-refractivity contribution is 7.00. The van der Waals surface area contributed by atoms with E-state index in [-0.39, 0.29) is 17.5 Å². The quantitative estimate of drug-likeness (QED) is 0.155. The molecule has 0 amide bonds. The minimum absolute atomic E-state index is 0.0154. The van der Waals surface area contributed by atoms with E-state index < -0.39 is 0 Å². The normalized spacial score (nSPS) is 15.1. The molecule has 0 saturated heterocycles. The van der Waals surface area contributed by atoms with Gasteiger partial charge in [-0.05, 0) is 166 Å². The summed E-state index contributed by atoms with van der Waals surface area (Å²) in [5.41, 5.74) is 24.0. The lowest BCUT2D eigenvalue weighted by Crippen LogP contribution is -2.62. The fourth-order valence-electron chi connectivity index (χ4n) is 12.0. The van der Waals surface area contributed by atoms with Gasteiger partial charge in [-0.3, -0.25) is 0 Å². The average molecular weight is 892 g/mol. The summed E-state index contributed by atoms with van der Waals surface area (Å²) >= 11 is 0. The van der Waals surface area contributed by atoms with Gasteiger partial charge in [0, 0.05) is 50.9 Å². The summed E-state index contributed by atoms with van der Waals surface area (Å²) in [7, 11) is 0. The Kier molecular flexibility index (Phi) is 9.24. The number of hydrogen-bond acceptors (Lipinski definition) is 4. The van der Waals surface area contributed by atoms with Crippen molar-refractivity contribution in [2.75, 3.05) is 14.7 Å². The molecule has 3 heterocycles. The first-order chi connectivity index (χ1) is 33.5. The zero-order valence-electron chi connectivity index (χ0n) is 40.2. The third-order valence-corrected chi connectivity index (χ3v) is 15.6. The molecule has 9 aromatic carbocycles. The smallest absolute Gasteiger partial charge is 0.252 e. The lowest BCUT2D eigenvalue weighted by molar-refractivity contribution is 0.332. The van der Waals surface area contributed by atoms with Crippen molar-refractivity contribution in [2.24, 2.45) is 0 Å². The van der Waals surface area contributed by atoms with Crippen LogP contribution >= 0.6 is 0 Å². The van der Waals surface area contributed by atoms with Crippen LogP contribution in [0.1, 0.15) is 62.8 Å². The molecule has 0 radical (unpaired) electrons. The molecule has 0 atom stereocenters. The monoisotopic (exact) mass is 891 g/mol. The topological polar surface area (TPSA) is 22.9 Å². The summed E-state index contributed by atoms with van der Waals surface area (Å²) in [5, 5.41) is 2.22. The Morgan fingerprint density at radius 2 is 1.04 bits per heavy atom. The molecule has 3 aliphatic rings. The molecule has 334 valence electrons. The molecule has 0 unspecified atom stereocenters. The Labute approximate surface area is 406 Å². The van der Waals surface area contributed by atoms with Gasteiger partial charge in [0.25, 0.3) is 6.71 Å². The molecular weight excluding hydrogens is 838 g/mol. The zero-order chi connectivity index (χ0) is 46.8. The van der Waals surface area contributed by atoms with Crippen molar-refractivity contribution in [3.05, 3.63) is 216 Å². The molecule has 0 N–H and O–H groups in total. The Hall–Kier alpha value is -7.76. The van der Waals surface area contributed by atoms with Crippen LogP contribution < -0.4 is 31.1 Å². The van der Waals surface area contributed by atoms with Crippen LogP contribution in [0.5, 0.6) is 0 Å². The summed E-state index contributed by atoms with van der Waals surface area (Å²) in [6.45, 7) is 14.3. The molecule has 1 aliphatic carbocycles. The van der Waals surface area contributed by atoms with E-state index in [9.17, 15) is 0 Å². The van der Waals surface area contributed by atoms with Crippen LogP contribution in [0, 0.1) is 13.8 Å². The second-order valence-corrected chi connectivity index (χ2v) is 20.9. The lowest BCUT2D eigenvalue weighted by atomic mass is 9.33. The number of benzene rings is 9. The minimum Gasteiger partial charge on any atom is -0.456 e. The van der Waals surface area contributed by atoms with E-state index in [0.29, 0.717) is 0 Å². The van der Waals surface area contributed by atoms with Gasteiger partial charge in [-0.25, -0.2) is 0 Å². The number of para-hydroxylation sites is 3. The second kappa shape index (κ2) is 15.4. The van der Waals surface area contributed by atoms with Crippen molar-refractivity contribution in [1.82, 2.24) is 0 Å². The van der Waals surface area contributed by atoms with Crippen LogP contribution in [0.15, 0.2) is 199 Å². The maximum absolute atomic E-state index is 6.67. The van der Waals surface area contributed by atoms with Crippen LogP contribution in [0.3, 0.4) is 0 Å². The summed E-state index contributed by atoms with van der Waals surface area (Å²) in [4.78, 5) is 7.60. The maximum Gasteiger partial charge on any atom is 0.252 e. The summed E-state index contributed by atoms with van der Waals surface area (Å²) in [6, 6.07) is 71.9. The largest absolute Gasteiger partial charge is 0.456 e. The molecule has 0 spiro atoms. The van der Waals surface area contributed by atoms with E-state index in [4.69, 9.17) is 4.42 Å². The van der Waals surface area contributed by atoms with E-state index in [1.54, 1.807) is 0 Å². The molecule has 10 aromatic rings. The minimum atomic E-state index is -0.0481. The van der Waals surface area contributed by atoms with Crippen molar-refractivity contribution < 1.29 is 4.42 Å². The number of fused-ring (bicyclic) bond motifs is 8. The van der Waals surface area contributed by atoms with E-state index in [0.717, 1.165) is 63.2 Å². The predicted octanol–water partition coefficient (Wildman–Crippen LogP) is 15.8. The predicted molar refractivity (Wildman–Crippen MR) is 293 cm³/mol. The highest BCUT2D eigenvalue weighted by Crippen LogP contribution is 2.52.